The summed E-state index contributed by atoms with van der Waals surface area (Å²) in [6.45, 7) is 6.09. The standard InChI is InChI=1S/C23H24ClNO3/c1-21(2)22(3)11-12-23(21,14-19(22)26)20(27)25-17-13-15(24)9-10-18(17)28-16-7-5-4-6-8-16/h4-10,13H,11-12,14H2,1-3H3,(H,25,27). The van der Waals surface area contributed by atoms with Gasteiger partial charge in [0.15, 0.2) is 5.75 Å². The molecule has 2 aromatic carbocycles. The van der Waals surface area contributed by atoms with Crippen molar-refractivity contribution in [2.45, 2.75) is 40.0 Å². The molecule has 2 aromatic rings. The molecule has 0 spiro atoms. The van der Waals surface area contributed by atoms with Crippen LogP contribution in [-0.4, -0.2) is 11.7 Å². The van der Waals surface area contributed by atoms with Gasteiger partial charge in [0.25, 0.3) is 0 Å². The summed E-state index contributed by atoms with van der Waals surface area (Å²) in [6.07, 6.45) is 1.75. The van der Waals surface area contributed by atoms with E-state index in [1.807, 2.05) is 51.1 Å². The summed E-state index contributed by atoms with van der Waals surface area (Å²) in [5.74, 6) is 1.24. The third-order valence-electron chi connectivity index (χ3n) is 7.30. The van der Waals surface area contributed by atoms with E-state index in [-0.39, 0.29) is 18.1 Å². The molecule has 2 aliphatic rings. The molecule has 0 aliphatic heterocycles. The Hall–Kier alpha value is -2.33. The number of ketones is 1. The Morgan fingerprint density at radius 1 is 1.07 bits per heavy atom. The smallest absolute Gasteiger partial charge is 0.231 e. The SMILES string of the molecule is CC12CCC(C(=O)Nc3cc(Cl)ccc3Oc3ccccc3)(CC1=O)C2(C)C. The lowest BCUT2D eigenvalue weighted by atomic mass is 9.64. The monoisotopic (exact) mass is 397 g/mol. The van der Waals surface area contributed by atoms with Gasteiger partial charge in [-0.3, -0.25) is 9.59 Å². The number of hydrogen-bond donors (Lipinski definition) is 1. The molecule has 0 radical (unpaired) electrons. The average molecular weight is 398 g/mol. The number of halogens is 1. The molecule has 0 aromatic heterocycles. The highest BCUT2D eigenvalue weighted by Crippen LogP contribution is 2.70. The van der Waals surface area contributed by atoms with Crippen LogP contribution >= 0.6 is 11.6 Å². The highest BCUT2D eigenvalue weighted by Gasteiger charge is 2.72. The molecule has 2 fully saturated rings. The van der Waals surface area contributed by atoms with E-state index in [4.69, 9.17) is 16.3 Å². The predicted octanol–water partition coefficient (Wildman–Crippen LogP) is 5.86. The maximum atomic E-state index is 13.5. The Bertz CT molecular complexity index is 956. The summed E-state index contributed by atoms with van der Waals surface area (Å²) < 4.78 is 5.96. The number of fused-ring (bicyclic) bond motifs is 2. The minimum Gasteiger partial charge on any atom is -0.455 e. The van der Waals surface area contributed by atoms with E-state index in [2.05, 4.69) is 5.32 Å². The Kier molecular flexibility index (Phi) is 4.31. The number of carbonyl (C=O) groups excluding carboxylic acids is 2. The van der Waals surface area contributed by atoms with E-state index in [9.17, 15) is 9.59 Å². The van der Waals surface area contributed by atoms with Crippen LogP contribution in [-0.2, 0) is 9.59 Å². The Morgan fingerprint density at radius 3 is 2.39 bits per heavy atom. The van der Waals surface area contributed by atoms with E-state index in [0.717, 1.165) is 6.42 Å². The lowest BCUT2D eigenvalue weighted by Crippen LogP contribution is -2.43. The van der Waals surface area contributed by atoms with E-state index < -0.39 is 16.2 Å². The minimum absolute atomic E-state index is 0.132. The molecule has 1 amide bonds. The molecule has 1 N–H and O–H groups in total. The number of para-hydroxylation sites is 1. The Balaban J connectivity index is 1.66. The first-order chi connectivity index (χ1) is 13.2. The Labute approximate surface area is 170 Å². The van der Waals surface area contributed by atoms with E-state index in [0.29, 0.717) is 28.6 Å². The van der Waals surface area contributed by atoms with Crippen molar-refractivity contribution in [3.63, 3.8) is 0 Å². The maximum absolute atomic E-state index is 13.5. The number of Topliss-reactive ketones (excluding diaryl/α,β-unsaturated/α-hetero) is 1. The zero-order chi connectivity index (χ0) is 20.2. The quantitative estimate of drug-likeness (QED) is 0.703. The highest BCUT2D eigenvalue weighted by atomic mass is 35.5. The minimum atomic E-state index is -0.703. The summed E-state index contributed by atoms with van der Waals surface area (Å²) >= 11 is 6.18. The predicted molar refractivity (Wildman–Crippen MR) is 110 cm³/mol. The van der Waals surface area contributed by atoms with Crippen molar-refractivity contribution >= 4 is 29.0 Å². The summed E-state index contributed by atoms with van der Waals surface area (Å²) in [5, 5.41) is 3.53. The molecule has 4 rings (SSSR count). The van der Waals surface area contributed by atoms with Crippen molar-refractivity contribution in [2.75, 3.05) is 5.32 Å². The van der Waals surface area contributed by atoms with Gasteiger partial charge in [0.2, 0.25) is 5.91 Å². The van der Waals surface area contributed by atoms with Crippen molar-refractivity contribution in [1.82, 2.24) is 0 Å². The molecule has 5 heteroatoms. The summed E-state index contributed by atoms with van der Waals surface area (Å²) in [6, 6.07) is 14.5. The molecule has 2 aliphatic carbocycles. The van der Waals surface area contributed by atoms with Crippen molar-refractivity contribution in [2.24, 2.45) is 16.2 Å². The van der Waals surface area contributed by atoms with Gasteiger partial charge >= 0.3 is 0 Å². The third kappa shape index (κ3) is 2.58. The van der Waals surface area contributed by atoms with Gasteiger partial charge in [0.05, 0.1) is 11.1 Å². The zero-order valence-electron chi connectivity index (χ0n) is 16.3. The topological polar surface area (TPSA) is 55.4 Å². The van der Waals surface area contributed by atoms with Crippen LogP contribution in [0.5, 0.6) is 11.5 Å². The van der Waals surface area contributed by atoms with Gasteiger partial charge in [0, 0.05) is 16.9 Å². The molecule has 2 unspecified atom stereocenters. The second-order valence-corrected chi connectivity index (χ2v) is 9.09. The van der Waals surface area contributed by atoms with Crippen LogP contribution in [0, 0.1) is 16.2 Å². The van der Waals surface area contributed by atoms with Gasteiger partial charge < -0.3 is 10.1 Å². The molecule has 2 saturated carbocycles. The number of anilines is 1. The molecule has 2 bridgehead atoms. The summed E-state index contributed by atoms with van der Waals surface area (Å²) in [7, 11) is 0. The van der Waals surface area contributed by atoms with Gasteiger partial charge in [-0.15, -0.1) is 0 Å². The molecule has 0 heterocycles. The van der Waals surface area contributed by atoms with Crippen molar-refractivity contribution < 1.29 is 14.3 Å². The largest absolute Gasteiger partial charge is 0.455 e. The molecule has 28 heavy (non-hydrogen) atoms. The second kappa shape index (κ2) is 6.35. The number of ether oxygens (including phenoxy) is 1. The first-order valence-corrected chi connectivity index (χ1v) is 9.95. The van der Waals surface area contributed by atoms with Gasteiger partial charge in [-0.05, 0) is 48.6 Å². The molecule has 2 atom stereocenters. The summed E-state index contributed by atoms with van der Waals surface area (Å²) in [5.41, 5.74) is -1.03. The van der Waals surface area contributed by atoms with E-state index >= 15 is 0 Å². The molecule has 4 nitrogen and oxygen atoms in total. The fraction of sp³-hybridized carbons (Fsp3) is 0.391. The average Bonchev–Trinajstić information content (AvgIpc) is 2.95. The third-order valence-corrected chi connectivity index (χ3v) is 7.54. The Morgan fingerprint density at radius 2 is 1.79 bits per heavy atom. The number of hydrogen-bond acceptors (Lipinski definition) is 3. The van der Waals surface area contributed by atoms with Crippen LogP contribution in [0.3, 0.4) is 0 Å². The van der Waals surface area contributed by atoms with Crippen molar-refractivity contribution in [1.29, 1.82) is 0 Å². The van der Waals surface area contributed by atoms with Crippen LogP contribution in [0.4, 0.5) is 5.69 Å². The van der Waals surface area contributed by atoms with Crippen molar-refractivity contribution in [3.05, 3.63) is 53.6 Å². The van der Waals surface area contributed by atoms with Gasteiger partial charge in [-0.2, -0.15) is 0 Å². The van der Waals surface area contributed by atoms with E-state index in [1.165, 1.54) is 0 Å². The number of nitrogens with one attached hydrogen (secondary N) is 1. The molecule has 0 saturated heterocycles. The maximum Gasteiger partial charge on any atom is 0.231 e. The molecular weight excluding hydrogens is 374 g/mol. The fourth-order valence-corrected chi connectivity index (χ4v) is 5.08. The number of amides is 1. The highest BCUT2D eigenvalue weighted by molar-refractivity contribution is 6.31. The van der Waals surface area contributed by atoms with Crippen LogP contribution in [0.15, 0.2) is 48.5 Å². The first-order valence-electron chi connectivity index (χ1n) is 9.57. The van der Waals surface area contributed by atoms with Crippen LogP contribution in [0.1, 0.15) is 40.0 Å². The number of benzene rings is 2. The van der Waals surface area contributed by atoms with Crippen LogP contribution in [0.2, 0.25) is 5.02 Å². The van der Waals surface area contributed by atoms with E-state index in [1.54, 1.807) is 18.2 Å². The first kappa shape index (κ1) is 19.0. The van der Waals surface area contributed by atoms with Crippen molar-refractivity contribution in [3.8, 4) is 11.5 Å². The van der Waals surface area contributed by atoms with Crippen LogP contribution in [0.25, 0.3) is 0 Å². The van der Waals surface area contributed by atoms with Crippen LogP contribution < -0.4 is 10.1 Å². The zero-order valence-corrected chi connectivity index (χ0v) is 17.1. The molecule has 146 valence electrons. The van der Waals surface area contributed by atoms with Gasteiger partial charge in [-0.1, -0.05) is 50.6 Å². The lowest BCUT2D eigenvalue weighted by molar-refractivity contribution is -0.131. The molecular formula is C23H24ClNO3. The lowest BCUT2D eigenvalue weighted by Gasteiger charge is -2.38. The fourth-order valence-electron chi connectivity index (χ4n) is 4.91. The number of rotatable bonds is 4. The summed E-state index contributed by atoms with van der Waals surface area (Å²) in [4.78, 5) is 26.1. The normalized spacial score (nSPS) is 27.6. The number of carbonyl (C=O) groups is 2. The second-order valence-electron chi connectivity index (χ2n) is 8.65. The van der Waals surface area contributed by atoms with Gasteiger partial charge in [0.1, 0.15) is 11.5 Å². The van der Waals surface area contributed by atoms with Gasteiger partial charge in [-0.25, -0.2) is 0 Å².